The molecule has 0 N–H and O–H groups in total. The van der Waals surface area contributed by atoms with Gasteiger partial charge in [-0.2, -0.15) is 0 Å². The van der Waals surface area contributed by atoms with Crippen molar-refractivity contribution in [1.29, 1.82) is 0 Å². The van der Waals surface area contributed by atoms with E-state index < -0.39 is 0 Å². The summed E-state index contributed by atoms with van der Waals surface area (Å²) in [6, 6.07) is 10.2. The van der Waals surface area contributed by atoms with Crippen LogP contribution in [0.25, 0.3) is 5.57 Å². The Kier molecular flexibility index (Phi) is 16.1. The summed E-state index contributed by atoms with van der Waals surface area (Å²) < 4.78 is 0. The van der Waals surface area contributed by atoms with E-state index in [0.29, 0.717) is 0 Å². The SMILES string of the molecule is C=C(C)c1ccccc1.C=C/C=C/C.C=C/C=C\C. The first-order valence-electron chi connectivity index (χ1n) is 6.32. The van der Waals surface area contributed by atoms with Crippen molar-refractivity contribution in [3.8, 4) is 0 Å². The molecule has 0 aliphatic heterocycles. The van der Waals surface area contributed by atoms with Crippen molar-refractivity contribution in [2.24, 2.45) is 0 Å². The molecule has 1 aromatic rings. The molecule has 102 valence electrons. The zero-order valence-electron chi connectivity index (χ0n) is 12.5. The Labute approximate surface area is 119 Å². The topological polar surface area (TPSA) is 0 Å². The average molecular weight is 254 g/mol. The van der Waals surface area contributed by atoms with Crippen LogP contribution in [-0.2, 0) is 0 Å². The molecule has 0 unspecified atom stereocenters. The molecule has 1 rings (SSSR count). The van der Waals surface area contributed by atoms with Crippen LogP contribution in [0.1, 0.15) is 26.3 Å². The van der Waals surface area contributed by atoms with E-state index in [9.17, 15) is 0 Å². The third kappa shape index (κ3) is 15.9. The van der Waals surface area contributed by atoms with Crippen molar-refractivity contribution in [2.45, 2.75) is 20.8 Å². The average Bonchev–Trinajstić information content (AvgIpc) is 2.43. The van der Waals surface area contributed by atoms with Gasteiger partial charge in [-0.05, 0) is 26.3 Å². The molecule has 0 atom stereocenters. The van der Waals surface area contributed by atoms with Crippen LogP contribution in [-0.4, -0.2) is 0 Å². The molecule has 0 bridgehead atoms. The summed E-state index contributed by atoms with van der Waals surface area (Å²) in [5.41, 5.74) is 2.34. The van der Waals surface area contributed by atoms with E-state index >= 15 is 0 Å². The number of hydrogen-bond donors (Lipinski definition) is 0. The molecule has 19 heavy (non-hydrogen) atoms. The Morgan fingerprint density at radius 3 is 1.47 bits per heavy atom. The molecule has 0 radical (unpaired) electrons. The second-order valence-electron chi connectivity index (χ2n) is 3.67. The minimum absolute atomic E-state index is 1.12. The predicted octanol–water partition coefficient (Wildman–Crippen LogP) is 6.22. The van der Waals surface area contributed by atoms with Crippen molar-refractivity contribution in [1.82, 2.24) is 0 Å². The maximum absolute atomic E-state index is 3.83. The van der Waals surface area contributed by atoms with Crippen LogP contribution in [0.4, 0.5) is 0 Å². The van der Waals surface area contributed by atoms with Crippen molar-refractivity contribution in [2.75, 3.05) is 0 Å². The lowest BCUT2D eigenvalue weighted by atomic mass is 10.1. The first-order chi connectivity index (χ1) is 9.13. The Hall–Kier alpha value is -2.08. The minimum Gasteiger partial charge on any atom is -0.0991 e. The molecular weight excluding hydrogens is 228 g/mol. The van der Waals surface area contributed by atoms with Crippen LogP contribution < -0.4 is 0 Å². The van der Waals surface area contributed by atoms with Gasteiger partial charge in [0.05, 0.1) is 0 Å². The van der Waals surface area contributed by atoms with Gasteiger partial charge in [0.2, 0.25) is 0 Å². The molecule has 0 spiro atoms. The molecule has 0 nitrogen and oxygen atoms in total. The highest BCUT2D eigenvalue weighted by Crippen LogP contribution is 2.08. The molecule has 0 heterocycles. The fourth-order valence-corrected chi connectivity index (χ4v) is 0.995. The molecule has 0 saturated carbocycles. The van der Waals surface area contributed by atoms with Crippen molar-refractivity contribution in [3.63, 3.8) is 0 Å². The fraction of sp³-hybridized carbons (Fsp3) is 0.158. The largest absolute Gasteiger partial charge is 0.0991 e. The Morgan fingerprint density at radius 2 is 1.32 bits per heavy atom. The third-order valence-electron chi connectivity index (χ3n) is 1.92. The van der Waals surface area contributed by atoms with Gasteiger partial charge in [-0.15, -0.1) is 0 Å². The van der Waals surface area contributed by atoms with Gasteiger partial charge in [0.25, 0.3) is 0 Å². The number of rotatable bonds is 3. The van der Waals surface area contributed by atoms with Crippen molar-refractivity contribution < 1.29 is 0 Å². The summed E-state index contributed by atoms with van der Waals surface area (Å²) in [6.07, 6.45) is 11.2. The van der Waals surface area contributed by atoms with E-state index in [-0.39, 0.29) is 0 Å². The van der Waals surface area contributed by atoms with E-state index in [4.69, 9.17) is 0 Å². The van der Waals surface area contributed by atoms with Gasteiger partial charge >= 0.3 is 0 Å². The number of hydrogen-bond acceptors (Lipinski definition) is 0. The van der Waals surface area contributed by atoms with E-state index in [0.717, 1.165) is 5.57 Å². The molecule has 0 aliphatic carbocycles. The summed E-state index contributed by atoms with van der Waals surface area (Å²) in [4.78, 5) is 0. The highest BCUT2D eigenvalue weighted by Gasteiger charge is 1.86. The maximum atomic E-state index is 3.83. The first-order valence-corrected chi connectivity index (χ1v) is 6.32. The van der Waals surface area contributed by atoms with Gasteiger partial charge in [-0.1, -0.05) is 92.1 Å². The quantitative estimate of drug-likeness (QED) is 0.562. The molecule has 0 heteroatoms. The van der Waals surface area contributed by atoms with Crippen LogP contribution in [0.5, 0.6) is 0 Å². The predicted molar refractivity (Wildman–Crippen MR) is 91.2 cm³/mol. The minimum atomic E-state index is 1.12. The summed E-state index contributed by atoms with van der Waals surface area (Å²) in [5.74, 6) is 0. The third-order valence-corrected chi connectivity index (χ3v) is 1.92. The molecule has 0 aromatic heterocycles. The van der Waals surface area contributed by atoms with Gasteiger partial charge in [0.1, 0.15) is 0 Å². The van der Waals surface area contributed by atoms with Gasteiger partial charge in [0, 0.05) is 0 Å². The molecule has 1 aromatic carbocycles. The van der Waals surface area contributed by atoms with Crippen LogP contribution in [0.15, 0.2) is 86.5 Å². The maximum Gasteiger partial charge on any atom is -0.0233 e. The van der Waals surface area contributed by atoms with Crippen LogP contribution >= 0.6 is 0 Å². The van der Waals surface area contributed by atoms with Crippen LogP contribution in [0, 0.1) is 0 Å². The molecule has 0 amide bonds. The highest BCUT2D eigenvalue weighted by molar-refractivity contribution is 5.60. The second-order valence-corrected chi connectivity index (χ2v) is 3.67. The number of allylic oxidation sites excluding steroid dienone is 7. The fourth-order valence-electron chi connectivity index (χ4n) is 0.995. The second kappa shape index (κ2) is 15.9. The summed E-state index contributed by atoms with van der Waals surface area (Å²) in [7, 11) is 0. The summed E-state index contributed by atoms with van der Waals surface area (Å²) >= 11 is 0. The monoisotopic (exact) mass is 254 g/mol. The lowest BCUT2D eigenvalue weighted by Crippen LogP contribution is -1.72. The van der Waals surface area contributed by atoms with E-state index in [1.54, 1.807) is 12.2 Å². The first kappa shape index (κ1) is 19.3. The molecular formula is C19H26. The van der Waals surface area contributed by atoms with Gasteiger partial charge in [-0.25, -0.2) is 0 Å². The van der Waals surface area contributed by atoms with E-state index in [1.165, 1.54) is 5.56 Å². The van der Waals surface area contributed by atoms with Crippen LogP contribution in [0.3, 0.4) is 0 Å². The normalized spacial score (nSPS) is 9.00. The molecule has 0 fully saturated rings. The Morgan fingerprint density at radius 1 is 0.895 bits per heavy atom. The van der Waals surface area contributed by atoms with Crippen LogP contribution in [0.2, 0.25) is 0 Å². The lowest BCUT2D eigenvalue weighted by Gasteiger charge is -1.94. The van der Waals surface area contributed by atoms with E-state index in [1.807, 2.05) is 63.3 Å². The summed E-state index contributed by atoms with van der Waals surface area (Å²) in [5, 5.41) is 0. The molecule has 0 saturated heterocycles. The zero-order chi connectivity index (χ0) is 14.9. The van der Waals surface area contributed by atoms with E-state index in [2.05, 4.69) is 31.9 Å². The molecule has 0 aliphatic rings. The number of benzene rings is 1. The summed E-state index contributed by atoms with van der Waals surface area (Å²) in [6.45, 7) is 16.7. The Bertz CT molecular complexity index is 375. The van der Waals surface area contributed by atoms with Gasteiger partial charge < -0.3 is 0 Å². The zero-order valence-corrected chi connectivity index (χ0v) is 12.5. The van der Waals surface area contributed by atoms with Crippen molar-refractivity contribution in [3.05, 3.63) is 92.1 Å². The highest BCUT2D eigenvalue weighted by atomic mass is 13.9. The van der Waals surface area contributed by atoms with Gasteiger partial charge in [-0.3, -0.25) is 0 Å². The Balaban J connectivity index is 0. The standard InChI is InChI=1S/C9H10.2C5H8/c1-8(2)9-6-4-3-5-7-9;2*1-3-5-4-2/h3-7H,1H2,2H3;2*3-5H,1H2,2H3/b;5-4+;5-4-. The smallest absolute Gasteiger partial charge is 0.0233 e. The lowest BCUT2D eigenvalue weighted by molar-refractivity contribution is 1.58. The van der Waals surface area contributed by atoms with Crippen molar-refractivity contribution >= 4 is 5.57 Å². The van der Waals surface area contributed by atoms with Gasteiger partial charge in [0.15, 0.2) is 0 Å².